The molecular weight excluding hydrogens is 254 g/mol. The van der Waals surface area contributed by atoms with Crippen LogP contribution in [0.5, 0.6) is 0 Å². The van der Waals surface area contributed by atoms with Crippen LogP contribution < -0.4 is 5.32 Å². The highest BCUT2D eigenvalue weighted by molar-refractivity contribution is 7.99. The molecule has 100 valence electrons. The largest absolute Gasteiger partial charge is 0.313 e. The van der Waals surface area contributed by atoms with Gasteiger partial charge in [0.1, 0.15) is 11.4 Å². The molecule has 1 fully saturated rings. The number of benzene rings is 1. The molecule has 19 heavy (non-hydrogen) atoms. The second-order valence-corrected chi connectivity index (χ2v) is 6.06. The monoisotopic (exact) mass is 273 g/mol. The summed E-state index contributed by atoms with van der Waals surface area (Å²) < 4.78 is 0. The van der Waals surface area contributed by atoms with Crippen molar-refractivity contribution in [2.75, 3.05) is 12.3 Å². The van der Waals surface area contributed by atoms with E-state index in [9.17, 15) is 0 Å². The summed E-state index contributed by atoms with van der Waals surface area (Å²) in [6.45, 7) is 1.06. The minimum absolute atomic E-state index is 0.753. The second kappa shape index (κ2) is 6.35. The van der Waals surface area contributed by atoms with E-state index in [4.69, 9.17) is 0 Å². The highest BCUT2D eigenvalue weighted by Gasteiger charge is 2.13. The first kappa shape index (κ1) is 12.9. The predicted molar refractivity (Wildman–Crippen MR) is 80.5 cm³/mol. The molecule has 0 atom stereocenters. The topological polar surface area (TPSA) is 37.8 Å². The summed E-state index contributed by atoms with van der Waals surface area (Å²) in [7, 11) is 0. The lowest BCUT2D eigenvalue weighted by Crippen LogP contribution is -2.28. The van der Waals surface area contributed by atoms with Crippen molar-refractivity contribution in [3.05, 3.63) is 30.6 Å². The maximum Gasteiger partial charge on any atom is 0.117 e. The van der Waals surface area contributed by atoms with Gasteiger partial charge in [0.25, 0.3) is 0 Å². The third-order valence-electron chi connectivity index (χ3n) is 3.64. The number of hydrogen-bond acceptors (Lipinski definition) is 4. The Bertz CT molecular complexity index is 532. The van der Waals surface area contributed by atoms with Crippen LogP contribution in [-0.2, 0) is 0 Å². The van der Waals surface area contributed by atoms with E-state index < -0.39 is 0 Å². The van der Waals surface area contributed by atoms with Crippen molar-refractivity contribution in [3.63, 3.8) is 0 Å². The van der Waals surface area contributed by atoms with Crippen LogP contribution in [0, 0.1) is 0 Å². The van der Waals surface area contributed by atoms with Crippen molar-refractivity contribution in [3.8, 4) is 0 Å². The van der Waals surface area contributed by atoms with Crippen LogP contribution in [0.2, 0.25) is 0 Å². The standard InChI is InChI=1S/C15H19N3S/c1-2-6-12(5-1)16-9-10-19-15-13-7-3-4-8-14(13)17-11-18-15/h3-4,7-8,11-12,16H,1-2,5-6,9-10H2. The van der Waals surface area contributed by atoms with E-state index in [2.05, 4.69) is 21.4 Å². The summed E-state index contributed by atoms with van der Waals surface area (Å²) in [5, 5.41) is 5.89. The predicted octanol–water partition coefficient (Wildman–Crippen LogP) is 3.25. The van der Waals surface area contributed by atoms with Crippen LogP contribution in [0.3, 0.4) is 0 Å². The van der Waals surface area contributed by atoms with Crippen molar-refractivity contribution < 1.29 is 0 Å². The average molecular weight is 273 g/mol. The highest BCUT2D eigenvalue weighted by atomic mass is 32.2. The van der Waals surface area contributed by atoms with E-state index in [1.807, 2.05) is 30.0 Å². The fourth-order valence-electron chi connectivity index (χ4n) is 2.64. The third kappa shape index (κ3) is 3.25. The maximum absolute atomic E-state index is 4.40. The molecule has 1 heterocycles. The molecular formula is C15H19N3S. The molecule has 1 N–H and O–H groups in total. The SMILES string of the molecule is c1ccc2c(SCCNC3CCCC3)ncnc2c1. The van der Waals surface area contributed by atoms with Crippen LogP contribution in [0.1, 0.15) is 25.7 Å². The van der Waals surface area contributed by atoms with Gasteiger partial charge in [-0.05, 0) is 18.9 Å². The van der Waals surface area contributed by atoms with Crippen LogP contribution in [0.4, 0.5) is 0 Å². The molecule has 1 saturated carbocycles. The molecule has 0 radical (unpaired) electrons. The molecule has 0 bridgehead atoms. The van der Waals surface area contributed by atoms with Gasteiger partial charge in [0.15, 0.2) is 0 Å². The summed E-state index contributed by atoms with van der Waals surface area (Å²) in [6.07, 6.45) is 7.14. The first-order valence-corrected chi connectivity index (χ1v) is 7.98. The quantitative estimate of drug-likeness (QED) is 0.515. The van der Waals surface area contributed by atoms with Gasteiger partial charge >= 0.3 is 0 Å². The van der Waals surface area contributed by atoms with Crippen molar-refractivity contribution in [2.24, 2.45) is 0 Å². The Hall–Kier alpha value is -1.13. The lowest BCUT2D eigenvalue weighted by atomic mass is 10.2. The van der Waals surface area contributed by atoms with Gasteiger partial charge in [0.2, 0.25) is 0 Å². The van der Waals surface area contributed by atoms with Gasteiger partial charge in [-0.1, -0.05) is 31.0 Å². The van der Waals surface area contributed by atoms with Gasteiger partial charge in [-0.2, -0.15) is 0 Å². The smallest absolute Gasteiger partial charge is 0.117 e. The lowest BCUT2D eigenvalue weighted by Gasteiger charge is -2.11. The lowest BCUT2D eigenvalue weighted by molar-refractivity contribution is 0.545. The number of fused-ring (bicyclic) bond motifs is 1. The number of rotatable bonds is 5. The summed E-state index contributed by atoms with van der Waals surface area (Å²) in [5.74, 6) is 1.07. The first-order valence-electron chi connectivity index (χ1n) is 6.99. The first-order chi connectivity index (χ1) is 9.43. The highest BCUT2D eigenvalue weighted by Crippen LogP contribution is 2.24. The Morgan fingerprint density at radius 2 is 2.00 bits per heavy atom. The second-order valence-electron chi connectivity index (χ2n) is 4.98. The Balaban J connectivity index is 1.56. The van der Waals surface area contributed by atoms with E-state index in [1.54, 1.807) is 6.33 Å². The summed E-state index contributed by atoms with van der Waals surface area (Å²) in [5.41, 5.74) is 1.03. The average Bonchev–Trinajstić information content (AvgIpc) is 2.97. The van der Waals surface area contributed by atoms with Gasteiger partial charge in [-0.15, -0.1) is 11.8 Å². The van der Waals surface area contributed by atoms with Gasteiger partial charge in [0.05, 0.1) is 5.52 Å². The minimum atomic E-state index is 0.753. The Kier molecular flexibility index (Phi) is 4.30. The molecule has 1 aromatic heterocycles. The molecule has 0 unspecified atom stereocenters. The zero-order chi connectivity index (χ0) is 12.9. The molecule has 1 aromatic carbocycles. The zero-order valence-corrected chi connectivity index (χ0v) is 11.8. The molecule has 1 aliphatic carbocycles. The van der Waals surface area contributed by atoms with Gasteiger partial charge in [-0.25, -0.2) is 9.97 Å². The van der Waals surface area contributed by atoms with Crippen molar-refractivity contribution in [1.82, 2.24) is 15.3 Å². The van der Waals surface area contributed by atoms with E-state index in [0.717, 1.165) is 34.3 Å². The number of nitrogens with one attached hydrogen (secondary N) is 1. The Morgan fingerprint density at radius 1 is 1.16 bits per heavy atom. The van der Waals surface area contributed by atoms with Crippen molar-refractivity contribution >= 4 is 22.7 Å². The van der Waals surface area contributed by atoms with Crippen molar-refractivity contribution in [2.45, 2.75) is 36.8 Å². The molecule has 3 rings (SSSR count). The number of nitrogens with zero attached hydrogens (tertiary/aromatic N) is 2. The Morgan fingerprint density at radius 3 is 2.89 bits per heavy atom. The molecule has 4 heteroatoms. The van der Waals surface area contributed by atoms with E-state index in [0.29, 0.717) is 0 Å². The Labute approximate surface area is 118 Å². The summed E-state index contributed by atoms with van der Waals surface area (Å²) in [6, 6.07) is 8.96. The summed E-state index contributed by atoms with van der Waals surface area (Å²) in [4.78, 5) is 8.69. The maximum atomic E-state index is 4.40. The van der Waals surface area contributed by atoms with Crippen LogP contribution in [0.15, 0.2) is 35.6 Å². The van der Waals surface area contributed by atoms with Gasteiger partial charge in [0, 0.05) is 23.7 Å². The van der Waals surface area contributed by atoms with E-state index in [1.165, 1.54) is 25.7 Å². The molecule has 0 amide bonds. The zero-order valence-electron chi connectivity index (χ0n) is 11.0. The van der Waals surface area contributed by atoms with Crippen LogP contribution >= 0.6 is 11.8 Å². The fourth-order valence-corrected chi connectivity index (χ4v) is 3.50. The van der Waals surface area contributed by atoms with Gasteiger partial charge in [-0.3, -0.25) is 0 Å². The molecule has 1 aliphatic rings. The normalized spacial score (nSPS) is 16.2. The summed E-state index contributed by atoms with van der Waals surface area (Å²) >= 11 is 1.82. The number of para-hydroxylation sites is 1. The molecule has 0 aliphatic heterocycles. The van der Waals surface area contributed by atoms with E-state index >= 15 is 0 Å². The van der Waals surface area contributed by atoms with E-state index in [-0.39, 0.29) is 0 Å². The van der Waals surface area contributed by atoms with Crippen molar-refractivity contribution in [1.29, 1.82) is 0 Å². The number of hydrogen-bond donors (Lipinski definition) is 1. The molecule has 0 saturated heterocycles. The fraction of sp³-hybridized carbons (Fsp3) is 0.467. The number of aromatic nitrogens is 2. The van der Waals surface area contributed by atoms with Crippen LogP contribution in [0.25, 0.3) is 10.9 Å². The minimum Gasteiger partial charge on any atom is -0.313 e. The molecule has 3 nitrogen and oxygen atoms in total. The van der Waals surface area contributed by atoms with Gasteiger partial charge < -0.3 is 5.32 Å². The number of thioether (sulfide) groups is 1. The molecule has 2 aromatic rings. The van der Waals surface area contributed by atoms with Crippen LogP contribution in [-0.4, -0.2) is 28.3 Å². The third-order valence-corrected chi connectivity index (χ3v) is 4.64. The molecule has 0 spiro atoms.